The van der Waals surface area contributed by atoms with E-state index >= 15 is 0 Å². The Morgan fingerprint density at radius 2 is 1.84 bits per heavy atom. The van der Waals surface area contributed by atoms with E-state index in [1.165, 1.54) is 0 Å². The molecule has 134 valence electrons. The summed E-state index contributed by atoms with van der Waals surface area (Å²) in [5.74, 6) is -0.233. The van der Waals surface area contributed by atoms with Crippen molar-refractivity contribution in [2.24, 2.45) is 0 Å². The summed E-state index contributed by atoms with van der Waals surface area (Å²) in [5.41, 5.74) is 3.09. The average molecular weight is 380 g/mol. The fourth-order valence-electron chi connectivity index (χ4n) is 3.34. The lowest BCUT2D eigenvalue weighted by Gasteiger charge is -2.39. The maximum Gasteiger partial charge on any atom is 0.339 e. The molecule has 1 aliphatic heterocycles. The van der Waals surface area contributed by atoms with Crippen LogP contribution < -0.4 is 0 Å². The molecule has 0 aliphatic carbocycles. The first kappa shape index (κ1) is 19.8. The van der Waals surface area contributed by atoms with Crippen LogP contribution in [0, 0.1) is 6.92 Å². The van der Waals surface area contributed by atoms with Gasteiger partial charge in [0.1, 0.15) is 5.60 Å². The summed E-state index contributed by atoms with van der Waals surface area (Å²) in [7, 11) is 4.05. The van der Waals surface area contributed by atoms with Crippen LogP contribution in [0.25, 0.3) is 0 Å². The molecule has 2 aromatic rings. The van der Waals surface area contributed by atoms with Crippen molar-refractivity contribution in [1.29, 1.82) is 0 Å². The van der Waals surface area contributed by atoms with Gasteiger partial charge < -0.3 is 9.64 Å². The second kappa shape index (κ2) is 7.77. The van der Waals surface area contributed by atoms with Crippen LogP contribution in [0.5, 0.6) is 0 Å². The van der Waals surface area contributed by atoms with Crippen LogP contribution in [0.1, 0.15) is 33.5 Å². The molecule has 1 aliphatic rings. The molecular formula is C20H23Cl2NO2. The van der Waals surface area contributed by atoms with Gasteiger partial charge in [0.15, 0.2) is 0 Å². The van der Waals surface area contributed by atoms with E-state index in [2.05, 4.69) is 4.90 Å². The Kier molecular flexibility index (Phi) is 6.15. The SMILES string of the molecule is Cc1cccc2c1C(=O)OC(CCN(C)C)(c1ccc(Cl)cc1)C2.Cl. The van der Waals surface area contributed by atoms with E-state index in [-0.39, 0.29) is 18.4 Å². The monoisotopic (exact) mass is 379 g/mol. The number of nitrogens with zero attached hydrogens (tertiary/aromatic N) is 1. The molecule has 0 bridgehead atoms. The Morgan fingerprint density at radius 3 is 2.48 bits per heavy atom. The minimum Gasteiger partial charge on any atom is -0.450 e. The molecule has 0 radical (unpaired) electrons. The standard InChI is InChI=1S/C20H22ClNO2.ClH/c1-14-5-4-6-15-13-20(11-12-22(2)3,24-19(23)18(14)15)16-7-9-17(21)10-8-16;/h4-10H,11-13H2,1-3H3;1H. The number of carbonyl (C=O) groups excluding carboxylic acids is 1. The lowest BCUT2D eigenvalue weighted by molar-refractivity contribution is -0.0356. The van der Waals surface area contributed by atoms with Crippen LogP contribution >= 0.6 is 24.0 Å². The van der Waals surface area contributed by atoms with Crippen molar-refractivity contribution in [2.45, 2.75) is 25.4 Å². The second-order valence-electron chi connectivity index (χ2n) is 6.73. The number of cyclic esters (lactones) is 1. The van der Waals surface area contributed by atoms with Crippen molar-refractivity contribution >= 4 is 30.0 Å². The summed E-state index contributed by atoms with van der Waals surface area (Å²) in [5, 5.41) is 0.680. The zero-order valence-corrected chi connectivity index (χ0v) is 16.3. The van der Waals surface area contributed by atoms with Gasteiger partial charge in [-0.05, 0) is 49.8 Å². The predicted octanol–water partition coefficient (Wildman–Crippen LogP) is 4.63. The molecule has 0 N–H and O–H groups in total. The van der Waals surface area contributed by atoms with Crippen molar-refractivity contribution in [1.82, 2.24) is 4.90 Å². The molecule has 1 heterocycles. The molecule has 3 rings (SSSR count). The van der Waals surface area contributed by atoms with Crippen LogP contribution in [-0.4, -0.2) is 31.5 Å². The minimum atomic E-state index is -0.646. The smallest absolute Gasteiger partial charge is 0.339 e. The summed E-state index contributed by atoms with van der Waals surface area (Å²) < 4.78 is 6.05. The normalized spacial score (nSPS) is 19.2. The van der Waals surface area contributed by atoms with Gasteiger partial charge in [-0.1, -0.05) is 41.9 Å². The molecule has 1 unspecified atom stereocenters. The molecule has 2 aromatic carbocycles. The molecule has 0 saturated carbocycles. The Bertz CT molecular complexity index is 759. The molecule has 3 nitrogen and oxygen atoms in total. The van der Waals surface area contributed by atoms with Crippen LogP contribution in [0.2, 0.25) is 5.02 Å². The van der Waals surface area contributed by atoms with Gasteiger partial charge in [0.2, 0.25) is 0 Å². The molecule has 0 spiro atoms. The van der Waals surface area contributed by atoms with Crippen molar-refractivity contribution < 1.29 is 9.53 Å². The molecule has 1 atom stereocenters. The summed E-state index contributed by atoms with van der Waals surface area (Å²) in [4.78, 5) is 14.9. The van der Waals surface area contributed by atoms with Crippen molar-refractivity contribution in [3.05, 3.63) is 69.7 Å². The van der Waals surface area contributed by atoms with Crippen LogP contribution in [-0.2, 0) is 16.8 Å². The van der Waals surface area contributed by atoms with Gasteiger partial charge in [-0.3, -0.25) is 0 Å². The lowest BCUT2D eigenvalue weighted by atomic mass is 9.80. The van der Waals surface area contributed by atoms with E-state index in [1.54, 1.807) is 0 Å². The quantitative estimate of drug-likeness (QED) is 0.725. The van der Waals surface area contributed by atoms with E-state index in [0.29, 0.717) is 17.0 Å². The third-order valence-corrected chi connectivity index (χ3v) is 4.91. The van der Waals surface area contributed by atoms with Crippen LogP contribution in [0.3, 0.4) is 0 Å². The first-order valence-corrected chi connectivity index (χ1v) is 8.52. The zero-order valence-electron chi connectivity index (χ0n) is 14.7. The van der Waals surface area contributed by atoms with Gasteiger partial charge in [0.05, 0.1) is 5.56 Å². The number of fused-ring (bicyclic) bond motifs is 1. The Morgan fingerprint density at radius 1 is 1.16 bits per heavy atom. The predicted molar refractivity (Wildman–Crippen MR) is 104 cm³/mol. The van der Waals surface area contributed by atoms with Crippen LogP contribution in [0.15, 0.2) is 42.5 Å². The van der Waals surface area contributed by atoms with E-state index < -0.39 is 5.60 Å². The maximum absolute atomic E-state index is 12.7. The first-order chi connectivity index (χ1) is 11.4. The lowest BCUT2D eigenvalue weighted by Crippen LogP contribution is -2.41. The zero-order chi connectivity index (χ0) is 17.3. The third kappa shape index (κ3) is 4.00. The minimum absolute atomic E-state index is 0. The fraction of sp³-hybridized carbons (Fsp3) is 0.350. The third-order valence-electron chi connectivity index (χ3n) is 4.66. The van der Waals surface area contributed by atoms with Gasteiger partial charge in [0.25, 0.3) is 0 Å². The van der Waals surface area contributed by atoms with Gasteiger partial charge in [-0.15, -0.1) is 12.4 Å². The Balaban J connectivity index is 0.00000225. The van der Waals surface area contributed by atoms with E-state index in [9.17, 15) is 4.79 Å². The number of hydrogen-bond donors (Lipinski definition) is 0. The van der Waals surface area contributed by atoms with Gasteiger partial charge in [-0.25, -0.2) is 4.79 Å². The molecule has 0 fully saturated rings. The number of ether oxygens (including phenoxy) is 1. The molecule has 25 heavy (non-hydrogen) atoms. The largest absolute Gasteiger partial charge is 0.450 e. The number of esters is 1. The van der Waals surface area contributed by atoms with Gasteiger partial charge in [0, 0.05) is 24.4 Å². The summed E-state index contributed by atoms with van der Waals surface area (Å²) in [6.45, 7) is 2.78. The molecular weight excluding hydrogens is 357 g/mol. The highest BCUT2D eigenvalue weighted by Crippen LogP contribution is 2.40. The number of rotatable bonds is 4. The van der Waals surface area contributed by atoms with Gasteiger partial charge in [-0.2, -0.15) is 0 Å². The highest BCUT2D eigenvalue weighted by Gasteiger charge is 2.42. The van der Waals surface area contributed by atoms with E-state index in [0.717, 1.165) is 29.7 Å². The second-order valence-corrected chi connectivity index (χ2v) is 7.17. The Hall–Kier alpha value is -1.55. The van der Waals surface area contributed by atoms with E-state index in [4.69, 9.17) is 16.3 Å². The molecule has 0 saturated heterocycles. The summed E-state index contributed by atoms with van der Waals surface area (Å²) in [6, 6.07) is 13.6. The summed E-state index contributed by atoms with van der Waals surface area (Å²) in [6.07, 6.45) is 1.42. The highest BCUT2D eigenvalue weighted by atomic mass is 35.5. The van der Waals surface area contributed by atoms with Crippen molar-refractivity contribution in [3.63, 3.8) is 0 Å². The van der Waals surface area contributed by atoms with E-state index in [1.807, 2.05) is 63.5 Å². The van der Waals surface area contributed by atoms with Crippen molar-refractivity contribution in [2.75, 3.05) is 20.6 Å². The fourth-order valence-corrected chi connectivity index (χ4v) is 3.47. The number of benzene rings is 2. The molecule has 0 aromatic heterocycles. The number of halogens is 2. The number of hydrogen-bond acceptors (Lipinski definition) is 3. The molecule has 0 amide bonds. The first-order valence-electron chi connectivity index (χ1n) is 8.14. The van der Waals surface area contributed by atoms with Gasteiger partial charge >= 0.3 is 5.97 Å². The maximum atomic E-state index is 12.7. The summed E-state index contributed by atoms with van der Waals surface area (Å²) >= 11 is 6.04. The number of carbonyl (C=O) groups is 1. The highest BCUT2D eigenvalue weighted by molar-refractivity contribution is 6.30. The van der Waals surface area contributed by atoms with Crippen molar-refractivity contribution in [3.8, 4) is 0 Å². The topological polar surface area (TPSA) is 29.5 Å². The average Bonchev–Trinajstić information content (AvgIpc) is 2.53. The Labute approximate surface area is 160 Å². The molecule has 5 heteroatoms. The van der Waals surface area contributed by atoms with Crippen LogP contribution in [0.4, 0.5) is 0 Å². The number of aryl methyl sites for hydroxylation is 1.